The van der Waals surface area contributed by atoms with Crippen LogP contribution in [0.15, 0.2) is 12.1 Å². The minimum Gasteiger partial charge on any atom is -0.384 e. The van der Waals surface area contributed by atoms with Gasteiger partial charge in [-0.05, 0) is 32.9 Å². The maximum atomic E-state index is 11.8. The number of thiophene rings is 1. The highest BCUT2D eigenvalue weighted by Crippen LogP contribution is 2.14. The van der Waals surface area contributed by atoms with Gasteiger partial charge in [-0.2, -0.15) is 0 Å². The standard InChI is InChI=1S/C14H18N2O3S/c1-14(2,3)16-12(18)9-15-13(19)11-7-6-10(20-11)5-4-8-17/h6-7,17H,8-9H2,1-3H3,(H,15,19)(H,16,18). The third-order valence-corrected chi connectivity index (χ3v) is 3.04. The van der Waals surface area contributed by atoms with Gasteiger partial charge in [0, 0.05) is 5.54 Å². The number of nitrogens with one attached hydrogen (secondary N) is 2. The number of aliphatic hydroxyl groups is 1. The van der Waals surface area contributed by atoms with E-state index >= 15 is 0 Å². The molecule has 1 aromatic rings. The summed E-state index contributed by atoms with van der Waals surface area (Å²) in [5.74, 6) is 4.69. The van der Waals surface area contributed by atoms with E-state index in [2.05, 4.69) is 22.5 Å². The van der Waals surface area contributed by atoms with Gasteiger partial charge in [-0.25, -0.2) is 0 Å². The molecular weight excluding hydrogens is 276 g/mol. The van der Waals surface area contributed by atoms with Crippen LogP contribution in [0.5, 0.6) is 0 Å². The van der Waals surface area contributed by atoms with Gasteiger partial charge in [0.1, 0.15) is 6.61 Å². The Kier molecular flexibility index (Phi) is 5.74. The Morgan fingerprint density at radius 2 is 2.05 bits per heavy atom. The minimum atomic E-state index is -0.322. The van der Waals surface area contributed by atoms with Crippen molar-refractivity contribution in [3.8, 4) is 11.8 Å². The highest BCUT2D eigenvalue weighted by molar-refractivity contribution is 7.14. The number of aliphatic hydroxyl groups excluding tert-OH is 1. The lowest BCUT2D eigenvalue weighted by molar-refractivity contribution is -0.121. The Morgan fingerprint density at radius 3 is 2.65 bits per heavy atom. The van der Waals surface area contributed by atoms with E-state index in [-0.39, 0.29) is 30.5 Å². The SMILES string of the molecule is CC(C)(C)NC(=O)CNC(=O)c1ccc(C#CCO)s1. The average molecular weight is 294 g/mol. The lowest BCUT2D eigenvalue weighted by Gasteiger charge is -2.20. The fraction of sp³-hybridized carbons (Fsp3) is 0.429. The smallest absolute Gasteiger partial charge is 0.261 e. The van der Waals surface area contributed by atoms with E-state index in [1.165, 1.54) is 11.3 Å². The van der Waals surface area contributed by atoms with Crippen LogP contribution in [0, 0.1) is 11.8 Å². The molecule has 1 rings (SSSR count). The van der Waals surface area contributed by atoms with E-state index in [1.54, 1.807) is 12.1 Å². The molecule has 1 heterocycles. The van der Waals surface area contributed by atoms with Crippen molar-refractivity contribution in [2.45, 2.75) is 26.3 Å². The first kappa shape index (κ1) is 16.2. The van der Waals surface area contributed by atoms with E-state index < -0.39 is 0 Å². The number of amides is 2. The number of hydrogen-bond acceptors (Lipinski definition) is 4. The Morgan fingerprint density at radius 1 is 1.35 bits per heavy atom. The molecule has 2 amide bonds. The minimum absolute atomic E-state index is 0.0638. The van der Waals surface area contributed by atoms with Crippen LogP contribution in [0.25, 0.3) is 0 Å². The maximum Gasteiger partial charge on any atom is 0.261 e. The number of carbonyl (C=O) groups excluding carboxylic acids is 2. The molecule has 0 unspecified atom stereocenters. The largest absolute Gasteiger partial charge is 0.384 e. The summed E-state index contributed by atoms with van der Waals surface area (Å²) < 4.78 is 0. The summed E-state index contributed by atoms with van der Waals surface area (Å²) in [7, 11) is 0. The Labute approximate surface area is 122 Å². The van der Waals surface area contributed by atoms with Crippen molar-refractivity contribution >= 4 is 23.2 Å². The summed E-state index contributed by atoms with van der Waals surface area (Å²) in [4.78, 5) is 24.6. The molecule has 0 aromatic carbocycles. The molecule has 20 heavy (non-hydrogen) atoms. The first-order chi connectivity index (χ1) is 9.31. The van der Waals surface area contributed by atoms with Crippen LogP contribution in [0.2, 0.25) is 0 Å². The predicted molar refractivity (Wildman–Crippen MR) is 78.5 cm³/mol. The van der Waals surface area contributed by atoms with Crippen molar-refractivity contribution in [1.82, 2.24) is 10.6 Å². The van der Waals surface area contributed by atoms with Crippen molar-refractivity contribution in [2.24, 2.45) is 0 Å². The highest BCUT2D eigenvalue weighted by atomic mass is 32.1. The maximum absolute atomic E-state index is 11.8. The van der Waals surface area contributed by atoms with Crippen LogP contribution in [0.3, 0.4) is 0 Å². The molecule has 108 valence electrons. The van der Waals surface area contributed by atoms with E-state index in [1.807, 2.05) is 20.8 Å². The van der Waals surface area contributed by atoms with Crippen molar-refractivity contribution in [3.63, 3.8) is 0 Å². The zero-order valence-corrected chi connectivity index (χ0v) is 12.6. The third kappa shape index (κ3) is 5.87. The van der Waals surface area contributed by atoms with Gasteiger partial charge >= 0.3 is 0 Å². The van der Waals surface area contributed by atoms with Crippen LogP contribution >= 0.6 is 11.3 Å². The van der Waals surface area contributed by atoms with Gasteiger partial charge in [-0.3, -0.25) is 9.59 Å². The lowest BCUT2D eigenvalue weighted by Crippen LogP contribution is -2.45. The lowest BCUT2D eigenvalue weighted by atomic mass is 10.1. The topological polar surface area (TPSA) is 78.4 Å². The molecule has 0 saturated carbocycles. The van der Waals surface area contributed by atoms with Crippen LogP contribution in [0.1, 0.15) is 35.3 Å². The van der Waals surface area contributed by atoms with Crippen molar-refractivity contribution in [3.05, 3.63) is 21.9 Å². The average Bonchev–Trinajstić information content (AvgIpc) is 2.80. The molecule has 6 heteroatoms. The Balaban J connectivity index is 2.51. The molecule has 0 spiro atoms. The molecular formula is C14H18N2O3S. The van der Waals surface area contributed by atoms with Crippen molar-refractivity contribution in [2.75, 3.05) is 13.2 Å². The summed E-state index contributed by atoms with van der Waals surface area (Å²) in [6, 6.07) is 3.35. The van der Waals surface area contributed by atoms with Gasteiger partial charge in [-0.1, -0.05) is 11.8 Å². The first-order valence-corrected chi connectivity index (χ1v) is 6.92. The summed E-state index contributed by atoms with van der Waals surface area (Å²) in [5.41, 5.74) is -0.322. The molecule has 0 aliphatic rings. The Bertz CT molecular complexity index is 547. The fourth-order valence-electron chi connectivity index (χ4n) is 1.36. The van der Waals surface area contributed by atoms with E-state index in [0.717, 1.165) is 0 Å². The van der Waals surface area contributed by atoms with Gasteiger partial charge in [0.2, 0.25) is 5.91 Å². The third-order valence-electron chi connectivity index (χ3n) is 2.04. The Hall–Kier alpha value is -1.84. The molecule has 3 N–H and O–H groups in total. The van der Waals surface area contributed by atoms with Crippen molar-refractivity contribution < 1.29 is 14.7 Å². The van der Waals surface area contributed by atoms with Gasteiger partial charge in [-0.15, -0.1) is 11.3 Å². The van der Waals surface area contributed by atoms with Gasteiger partial charge < -0.3 is 15.7 Å². The second-order valence-corrected chi connectivity index (χ2v) is 6.19. The molecule has 1 aromatic heterocycles. The van der Waals surface area contributed by atoms with Gasteiger partial charge in [0.05, 0.1) is 16.3 Å². The number of rotatable bonds is 3. The summed E-state index contributed by atoms with van der Waals surface area (Å²) in [6.07, 6.45) is 0. The van der Waals surface area contributed by atoms with Crippen LogP contribution in [-0.4, -0.2) is 35.6 Å². The predicted octanol–water partition coefficient (Wildman–Crippen LogP) is 0.736. The van der Waals surface area contributed by atoms with Crippen LogP contribution in [-0.2, 0) is 4.79 Å². The van der Waals surface area contributed by atoms with Gasteiger partial charge in [0.25, 0.3) is 5.91 Å². The number of carbonyl (C=O) groups is 2. The highest BCUT2D eigenvalue weighted by Gasteiger charge is 2.15. The molecule has 0 aliphatic heterocycles. The zero-order chi connectivity index (χ0) is 15.2. The molecule has 5 nitrogen and oxygen atoms in total. The quantitative estimate of drug-likeness (QED) is 0.719. The summed E-state index contributed by atoms with van der Waals surface area (Å²) in [5, 5.41) is 13.9. The van der Waals surface area contributed by atoms with E-state index in [4.69, 9.17) is 5.11 Å². The molecule has 0 radical (unpaired) electrons. The second kappa shape index (κ2) is 7.08. The zero-order valence-electron chi connectivity index (χ0n) is 11.7. The molecule has 0 bridgehead atoms. The normalized spacial score (nSPS) is 10.4. The summed E-state index contributed by atoms with van der Waals surface area (Å²) >= 11 is 1.22. The monoisotopic (exact) mass is 294 g/mol. The van der Waals surface area contributed by atoms with E-state index in [0.29, 0.717) is 9.75 Å². The van der Waals surface area contributed by atoms with Gasteiger partial charge in [0.15, 0.2) is 0 Å². The molecule has 0 atom stereocenters. The van der Waals surface area contributed by atoms with Crippen LogP contribution < -0.4 is 10.6 Å². The first-order valence-electron chi connectivity index (χ1n) is 6.10. The van der Waals surface area contributed by atoms with Crippen molar-refractivity contribution in [1.29, 1.82) is 0 Å². The summed E-state index contributed by atoms with van der Waals surface area (Å²) in [6.45, 7) is 5.34. The van der Waals surface area contributed by atoms with Crippen LogP contribution in [0.4, 0.5) is 0 Å². The molecule has 0 saturated heterocycles. The van der Waals surface area contributed by atoms with E-state index in [9.17, 15) is 9.59 Å². The molecule has 0 fully saturated rings. The molecule has 0 aliphatic carbocycles. The number of hydrogen-bond donors (Lipinski definition) is 3. The fourth-order valence-corrected chi connectivity index (χ4v) is 2.16. The second-order valence-electron chi connectivity index (χ2n) is 5.10.